The van der Waals surface area contributed by atoms with E-state index in [0.717, 1.165) is 0 Å². The van der Waals surface area contributed by atoms with E-state index in [9.17, 15) is 57.6 Å². The van der Waals surface area contributed by atoms with Crippen molar-refractivity contribution in [3.8, 4) is 0 Å². The number of halogens is 12. The fourth-order valence-electron chi connectivity index (χ4n) is 2.11. The summed E-state index contributed by atoms with van der Waals surface area (Å²) < 4.78 is 162. The van der Waals surface area contributed by atoms with Crippen LogP contribution in [0.4, 0.5) is 58.5 Å². The molecule has 0 saturated carbocycles. The normalized spacial score (nSPS) is 11.7. The third-order valence-corrected chi connectivity index (χ3v) is 3.41. The van der Waals surface area contributed by atoms with E-state index in [1.165, 1.54) is 0 Å². The van der Waals surface area contributed by atoms with Gasteiger partial charge in [-0.3, -0.25) is 0 Å². The zero-order chi connectivity index (χ0) is 22.6. The maximum atomic E-state index is 14.2. The zero-order valence-electron chi connectivity index (χ0n) is 12.8. The number of alkyl halides is 2. The van der Waals surface area contributed by atoms with Crippen molar-refractivity contribution in [2.45, 2.75) is 6.05 Å². The Labute approximate surface area is 150 Å². The van der Waals surface area contributed by atoms with Crippen molar-refractivity contribution in [2.24, 2.45) is 0 Å². The van der Waals surface area contributed by atoms with Gasteiger partial charge < -0.3 is 5.11 Å². The van der Waals surface area contributed by atoms with Crippen molar-refractivity contribution in [1.82, 2.24) is 0 Å². The van der Waals surface area contributed by atoms with Crippen LogP contribution in [0.5, 0.6) is 0 Å². The molecule has 0 fully saturated rings. The molecule has 0 aliphatic carbocycles. The number of carbonyl (C=O) groups is 1. The number of nitrogens with zero attached hydrogens (tertiary/aromatic N) is 1. The topological polar surface area (TPSA) is 40.5 Å². The second kappa shape index (κ2) is 7.04. The van der Waals surface area contributed by atoms with Gasteiger partial charge in [-0.2, -0.15) is 8.78 Å². The molecular formula is C14HF12NO2. The number of hydrogen-bond donors (Lipinski definition) is 1. The van der Waals surface area contributed by atoms with Gasteiger partial charge in [-0.1, -0.05) is 4.48 Å². The average molecular weight is 443 g/mol. The Hall–Kier alpha value is -3.13. The van der Waals surface area contributed by atoms with Gasteiger partial charge in [-0.25, -0.2) is 44.3 Å². The number of hydrogen-bond acceptors (Lipinski definition) is 2. The van der Waals surface area contributed by atoms with Gasteiger partial charge in [0.05, 0.1) is 0 Å². The highest BCUT2D eigenvalue weighted by molar-refractivity contribution is 5.95. The van der Waals surface area contributed by atoms with E-state index in [0.29, 0.717) is 0 Å². The molecule has 158 valence electrons. The molecule has 1 N–H and O–H groups in total. The Morgan fingerprint density at radius 3 is 1.41 bits per heavy atom. The van der Waals surface area contributed by atoms with E-state index in [-0.39, 0.29) is 0 Å². The molecule has 0 aliphatic heterocycles. The van der Waals surface area contributed by atoms with Gasteiger partial charge in [0.1, 0.15) is 16.8 Å². The molecule has 0 atom stereocenters. The van der Waals surface area contributed by atoms with Crippen LogP contribution < -0.4 is 5.12 Å². The monoisotopic (exact) mass is 443 g/mol. The third kappa shape index (κ3) is 3.09. The Kier molecular flexibility index (Phi) is 5.38. The second-order valence-electron chi connectivity index (χ2n) is 5.05. The highest BCUT2D eigenvalue weighted by Gasteiger charge is 2.51. The summed E-state index contributed by atoms with van der Waals surface area (Å²) in [6.07, 6.45) is 0. The molecule has 2 rings (SSSR count). The first-order valence-corrected chi connectivity index (χ1v) is 6.62. The maximum Gasteiger partial charge on any atom is 0.384 e. The first-order chi connectivity index (χ1) is 13.2. The lowest BCUT2D eigenvalue weighted by molar-refractivity contribution is -0.0558. The summed E-state index contributed by atoms with van der Waals surface area (Å²) >= 11 is 0. The van der Waals surface area contributed by atoms with Gasteiger partial charge in [0.2, 0.25) is 5.82 Å². The molecular weight excluding hydrogens is 442 g/mol. The molecule has 0 spiro atoms. The number of carboxylic acid groups (broad SMARTS) is 1. The molecule has 0 aliphatic rings. The summed E-state index contributed by atoms with van der Waals surface area (Å²) in [5.74, 6) is -30.3. The summed E-state index contributed by atoms with van der Waals surface area (Å²) in [4.78, 5) is 10.9. The Morgan fingerprint density at radius 2 is 1.00 bits per heavy atom. The lowest BCUT2D eigenvalue weighted by Gasteiger charge is -2.27. The summed E-state index contributed by atoms with van der Waals surface area (Å²) in [6.45, 7) is 0. The molecule has 3 nitrogen and oxygen atoms in total. The quantitative estimate of drug-likeness (QED) is 0.236. The smallest absolute Gasteiger partial charge is 0.384 e. The average Bonchev–Trinajstić information content (AvgIpc) is 2.64. The fourth-order valence-corrected chi connectivity index (χ4v) is 2.11. The molecule has 0 heterocycles. The van der Waals surface area contributed by atoms with Gasteiger partial charge in [0.25, 0.3) is 0 Å². The van der Waals surface area contributed by atoms with E-state index in [2.05, 4.69) is 0 Å². The van der Waals surface area contributed by atoms with Gasteiger partial charge in [0, 0.05) is 0 Å². The molecule has 15 heteroatoms. The van der Waals surface area contributed by atoms with Crippen molar-refractivity contribution in [2.75, 3.05) is 5.12 Å². The molecule has 0 radical (unpaired) electrons. The van der Waals surface area contributed by atoms with E-state index in [1.807, 2.05) is 0 Å². The highest BCUT2D eigenvalue weighted by Crippen LogP contribution is 2.44. The van der Waals surface area contributed by atoms with Crippen LogP contribution in [0.1, 0.15) is 15.9 Å². The minimum absolute atomic E-state index is 2.60. The van der Waals surface area contributed by atoms with Crippen molar-refractivity contribution >= 4 is 11.7 Å². The van der Waals surface area contributed by atoms with Crippen LogP contribution in [0.15, 0.2) is 0 Å². The summed E-state index contributed by atoms with van der Waals surface area (Å²) in [6, 6.07) is -6.13. The lowest BCUT2D eigenvalue weighted by atomic mass is 10.1. The van der Waals surface area contributed by atoms with Crippen LogP contribution in [0.25, 0.3) is 0 Å². The van der Waals surface area contributed by atoms with E-state index in [1.54, 1.807) is 0 Å². The van der Waals surface area contributed by atoms with Crippen LogP contribution in [0.3, 0.4) is 0 Å². The van der Waals surface area contributed by atoms with Crippen LogP contribution >= 0.6 is 0 Å². The fraction of sp³-hybridized carbons (Fsp3) is 0.0714. The highest BCUT2D eigenvalue weighted by atomic mass is 19.3. The predicted molar refractivity (Wildman–Crippen MR) is 66.9 cm³/mol. The Bertz CT molecular complexity index is 1010. The Morgan fingerprint density at radius 1 is 0.655 bits per heavy atom. The van der Waals surface area contributed by atoms with Crippen LogP contribution in [-0.2, 0) is 6.05 Å². The van der Waals surface area contributed by atoms with Crippen molar-refractivity contribution < 1.29 is 62.7 Å². The van der Waals surface area contributed by atoms with E-state index < -0.39 is 86.3 Å². The van der Waals surface area contributed by atoms with Crippen molar-refractivity contribution in [1.29, 1.82) is 0 Å². The van der Waals surface area contributed by atoms with Gasteiger partial charge in [-0.05, 0) is 0 Å². The van der Waals surface area contributed by atoms with E-state index in [4.69, 9.17) is 5.11 Å². The molecule has 2 aromatic rings. The molecule has 0 saturated heterocycles. The number of anilines is 1. The molecule has 0 bridgehead atoms. The third-order valence-electron chi connectivity index (χ3n) is 3.41. The minimum Gasteiger partial charge on any atom is -0.478 e. The van der Waals surface area contributed by atoms with Crippen molar-refractivity contribution in [3.63, 3.8) is 0 Å². The summed E-state index contributed by atoms with van der Waals surface area (Å²) in [7, 11) is 0. The number of rotatable bonds is 4. The summed E-state index contributed by atoms with van der Waals surface area (Å²) in [5, 5.41) is 6.04. The predicted octanol–water partition coefficient (Wildman–Crippen LogP) is 5.08. The first-order valence-electron chi connectivity index (χ1n) is 6.62. The Balaban J connectivity index is 2.90. The number of benzene rings is 2. The SMILES string of the molecule is O=C(O)c1c(F)c(F)c(F)c(F)c1N(F)C(F)(F)c1c(F)c(F)c(F)c(F)c1F. The van der Waals surface area contributed by atoms with E-state index >= 15 is 0 Å². The molecule has 2 aromatic carbocycles. The van der Waals surface area contributed by atoms with Crippen LogP contribution in [-0.4, -0.2) is 11.1 Å². The van der Waals surface area contributed by atoms with Crippen LogP contribution in [0.2, 0.25) is 0 Å². The largest absolute Gasteiger partial charge is 0.478 e. The molecule has 0 aromatic heterocycles. The number of carboxylic acids is 1. The zero-order valence-corrected chi connectivity index (χ0v) is 12.8. The lowest BCUT2D eigenvalue weighted by Crippen LogP contribution is -2.38. The van der Waals surface area contributed by atoms with Gasteiger partial charge in [-0.15, -0.1) is 5.12 Å². The van der Waals surface area contributed by atoms with Gasteiger partial charge >= 0.3 is 12.0 Å². The van der Waals surface area contributed by atoms with Crippen LogP contribution in [0, 0.1) is 52.4 Å². The molecule has 0 unspecified atom stereocenters. The second-order valence-corrected chi connectivity index (χ2v) is 5.05. The standard InChI is InChI=1S/C14HF12NO2/c15-3-1(13(28)29)12(11(23)10(22)6(3)18)27(26)14(24,25)2-4(16)7(19)9(21)8(20)5(2)17/h(H,28,29). The molecule has 29 heavy (non-hydrogen) atoms. The molecule has 0 amide bonds. The maximum absolute atomic E-state index is 14.2. The summed E-state index contributed by atoms with van der Waals surface area (Å²) in [5.41, 5.74) is -8.78. The first kappa shape index (κ1) is 22.2. The van der Waals surface area contributed by atoms with Gasteiger partial charge in [0.15, 0.2) is 46.5 Å². The minimum atomic E-state index is -6.13. The number of aromatic carboxylic acids is 1. The van der Waals surface area contributed by atoms with Crippen molar-refractivity contribution in [3.05, 3.63) is 63.5 Å².